The van der Waals surface area contributed by atoms with Crippen molar-refractivity contribution in [3.05, 3.63) is 237 Å². The lowest BCUT2D eigenvalue weighted by Gasteiger charge is -2.15. The van der Waals surface area contributed by atoms with Crippen LogP contribution in [0.5, 0.6) is 0 Å². The average molecular weight is 870 g/mol. The van der Waals surface area contributed by atoms with Gasteiger partial charge in [-0.15, -0.1) is 0 Å². The third-order valence-corrected chi connectivity index (χ3v) is 12.9. The third kappa shape index (κ3) is 6.66. The van der Waals surface area contributed by atoms with Gasteiger partial charge in [-0.2, -0.15) is 0 Å². The Morgan fingerprint density at radius 3 is 1.59 bits per heavy atom. The molecule has 0 fully saturated rings. The number of rotatable bonds is 8. The van der Waals surface area contributed by atoms with Crippen LogP contribution < -0.4 is 0 Å². The van der Waals surface area contributed by atoms with Gasteiger partial charge in [0.05, 0.1) is 16.7 Å². The van der Waals surface area contributed by atoms with Crippen LogP contribution in [-0.4, -0.2) is 24.5 Å². The van der Waals surface area contributed by atoms with E-state index in [9.17, 15) is 0 Å². The predicted molar refractivity (Wildman–Crippen MR) is 277 cm³/mol. The van der Waals surface area contributed by atoms with E-state index in [0.29, 0.717) is 17.5 Å². The Labute approximate surface area is 392 Å². The van der Waals surface area contributed by atoms with Crippen LogP contribution in [0.15, 0.2) is 241 Å². The van der Waals surface area contributed by atoms with Crippen LogP contribution in [0, 0.1) is 0 Å². The fraction of sp³-hybridized carbons (Fsp3) is 0. The summed E-state index contributed by atoms with van der Waals surface area (Å²) in [5.74, 6) is 1.69. The lowest BCUT2D eigenvalue weighted by Crippen LogP contribution is -2.02. The molecule has 9 aromatic carbocycles. The summed E-state index contributed by atoms with van der Waals surface area (Å²) >= 11 is 0. The molecule has 13 rings (SSSR count). The topological polar surface area (TPSA) is 69.6 Å². The number of fused-ring (bicyclic) bond motifs is 7. The molecular weight excluding hydrogens is 831 g/mol. The first-order chi connectivity index (χ1) is 33.7. The van der Waals surface area contributed by atoms with Gasteiger partial charge in [-0.1, -0.05) is 188 Å². The lowest BCUT2D eigenvalue weighted by molar-refractivity contribution is 0.670. The minimum atomic E-state index is 0.530. The van der Waals surface area contributed by atoms with E-state index < -0.39 is 0 Å². The summed E-state index contributed by atoms with van der Waals surface area (Å²) in [6, 6.07) is 79.9. The number of hydrogen-bond acceptors (Lipinski definition) is 5. The molecule has 0 bridgehead atoms. The van der Waals surface area contributed by atoms with Gasteiger partial charge in [-0.3, -0.25) is 4.98 Å². The normalized spacial score (nSPS) is 11.5. The summed E-state index contributed by atoms with van der Waals surface area (Å²) < 4.78 is 9.38. The average Bonchev–Trinajstić information content (AvgIpc) is 3.98. The smallest absolute Gasteiger partial charge is 0.164 e. The van der Waals surface area contributed by atoms with Gasteiger partial charge in [0.25, 0.3) is 0 Å². The van der Waals surface area contributed by atoms with Gasteiger partial charge in [0, 0.05) is 66.8 Å². The van der Waals surface area contributed by atoms with E-state index in [1.807, 2.05) is 66.9 Å². The Bertz CT molecular complexity index is 3940. The number of para-hydroxylation sites is 3. The Morgan fingerprint density at radius 2 is 0.912 bits per heavy atom. The van der Waals surface area contributed by atoms with Crippen molar-refractivity contribution >= 4 is 43.7 Å². The zero-order chi connectivity index (χ0) is 45.0. The summed E-state index contributed by atoms with van der Waals surface area (Å²) in [6.45, 7) is 0. The van der Waals surface area contributed by atoms with Crippen molar-refractivity contribution in [2.75, 3.05) is 0 Å². The van der Waals surface area contributed by atoms with Crippen LogP contribution in [0.1, 0.15) is 0 Å². The second-order valence-electron chi connectivity index (χ2n) is 17.0. The maximum Gasteiger partial charge on any atom is 0.164 e. The Hall–Kier alpha value is -9.26. The molecule has 0 radical (unpaired) electrons. The molecule has 0 saturated carbocycles. The molecule has 0 aliphatic carbocycles. The third-order valence-electron chi connectivity index (χ3n) is 12.9. The van der Waals surface area contributed by atoms with E-state index >= 15 is 0 Å². The minimum absolute atomic E-state index is 0.530. The van der Waals surface area contributed by atoms with Crippen molar-refractivity contribution in [2.24, 2.45) is 0 Å². The van der Waals surface area contributed by atoms with Crippen molar-refractivity contribution in [3.8, 4) is 84.5 Å². The summed E-state index contributed by atoms with van der Waals surface area (Å²) in [4.78, 5) is 20.9. The van der Waals surface area contributed by atoms with Crippen LogP contribution >= 0.6 is 0 Å². The first-order valence-electron chi connectivity index (χ1n) is 22.8. The first kappa shape index (κ1) is 39.1. The number of furan rings is 1. The largest absolute Gasteiger partial charge is 0.455 e. The summed E-state index contributed by atoms with van der Waals surface area (Å²) in [6.07, 6.45) is 1.96. The molecule has 4 heterocycles. The number of nitrogens with zero attached hydrogens (tertiary/aromatic N) is 5. The molecule has 0 N–H and O–H groups in total. The molecule has 13 aromatic rings. The summed E-state index contributed by atoms with van der Waals surface area (Å²) in [7, 11) is 0. The molecule has 6 heteroatoms. The minimum Gasteiger partial charge on any atom is -0.455 e. The molecule has 0 aliphatic rings. The zero-order valence-electron chi connectivity index (χ0n) is 36.7. The molecule has 0 unspecified atom stereocenters. The Morgan fingerprint density at radius 1 is 0.338 bits per heavy atom. The molecule has 6 nitrogen and oxygen atoms in total. The molecule has 0 aliphatic heterocycles. The van der Waals surface area contributed by atoms with Gasteiger partial charge in [-0.05, 0) is 64.7 Å². The van der Waals surface area contributed by atoms with Crippen molar-refractivity contribution in [2.45, 2.75) is 0 Å². The van der Waals surface area contributed by atoms with Crippen molar-refractivity contribution in [3.63, 3.8) is 0 Å². The maximum absolute atomic E-state index is 7.03. The van der Waals surface area contributed by atoms with Crippen LogP contribution in [0.2, 0.25) is 0 Å². The summed E-state index contributed by atoms with van der Waals surface area (Å²) in [5, 5.41) is 4.40. The quantitative estimate of drug-likeness (QED) is 0.152. The van der Waals surface area contributed by atoms with Crippen LogP contribution in [0.25, 0.3) is 128 Å². The fourth-order valence-electron chi connectivity index (χ4n) is 9.79. The maximum atomic E-state index is 7.03. The molecule has 0 saturated heterocycles. The van der Waals surface area contributed by atoms with Crippen molar-refractivity contribution < 1.29 is 4.42 Å². The monoisotopic (exact) mass is 869 g/mol. The van der Waals surface area contributed by atoms with Gasteiger partial charge >= 0.3 is 0 Å². The van der Waals surface area contributed by atoms with E-state index in [-0.39, 0.29) is 0 Å². The van der Waals surface area contributed by atoms with E-state index in [4.69, 9.17) is 24.4 Å². The molecule has 0 atom stereocenters. The molecule has 68 heavy (non-hydrogen) atoms. The highest BCUT2D eigenvalue weighted by Crippen LogP contribution is 2.45. The highest BCUT2D eigenvalue weighted by molar-refractivity contribution is 6.28. The molecule has 0 amide bonds. The van der Waals surface area contributed by atoms with Gasteiger partial charge in [0.2, 0.25) is 0 Å². The van der Waals surface area contributed by atoms with Gasteiger partial charge < -0.3 is 8.98 Å². The molecule has 4 aromatic heterocycles. The number of hydrogen-bond donors (Lipinski definition) is 0. The number of pyridine rings is 1. The Balaban J connectivity index is 1.07. The highest BCUT2D eigenvalue weighted by atomic mass is 16.3. The Kier molecular flexibility index (Phi) is 9.39. The lowest BCUT2D eigenvalue weighted by atomic mass is 9.91. The zero-order valence-corrected chi connectivity index (χ0v) is 36.7. The first-order valence-corrected chi connectivity index (χ1v) is 22.8. The SMILES string of the molecule is c1ccc(-c2nc(-c3ccccc3)nc(-c3cc(-c4ccc(-c5ccccc5)c(-c5ccccc5)c4)ncc3-c3cccc4c3oc3ccc5c(c6ccccc6n5-c5ccccc5)c34)n2)cc1. The molecule has 0 spiro atoms. The van der Waals surface area contributed by atoms with Gasteiger partial charge in [0.1, 0.15) is 11.2 Å². The van der Waals surface area contributed by atoms with Crippen molar-refractivity contribution in [1.82, 2.24) is 24.5 Å². The standard InChI is InChI=1S/C62H39N5O/c1-6-19-40(20-7-1)46-34-33-44(37-50(46)41-21-8-2-9-22-41)53-38-51(62-65-60(42-23-10-3-11-24-42)64-61(66-62)43-25-12-4-13-26-43)52(39-63-53)47-30-18-31-49-58-56(68-59(47)49)36-35-55-57(58)48-29-16-17-32-54(48)67(55)45-27-14-5-15-28-45/h1-39H. The predicted octanol–water partition coefficient (Wildman–Crippen LogP) is 15.9. The molecule has 318 valence electrons. The number of aromatic nitrogens is 5. The van der Waals surface area contributed by atoms with Gasteiger partial charge in [-0.25, -0.2) is 15.0 Å². The van der Waals surface area contributed by atoms with E-state index in [0.717, 1.165) is 111 Å². The highest BCUT2D eigenvalue weighted by Gasteiger charge is 2.24. The van der Waals surface area contributed by atoms with Crippen LogP contribution in [0.4, 0.5) is 0 Å². The number of benzene rings is 9. The van der Waals surface area contributed by atoms with E-state index in [2.05, 4.69) is 174 Å². The van der Waals surface area contributed by atoms with Crippen molar-refractivity contribution in [1.29, 1.82) is 0 Å². The van der Waals surface area contributed by atoms with Gasteiger partial charge in [0.15, 0.2) is 17.5 Å². The van der Waals surface area contributed by atoms with E-state index in [1.54, 1.807) is 0 Å². The summed E-state index contributed by atoms with van der Waals surface area (Å²) in [5.41, 5.74) is 15.6. The van der Waals surface area contributed by atoms with E-state index in [1.165, 1.54) is 0 Å². The second kappa shape index (κ2) is 16.3. The second-order valence-corrected chi connectivity index (χ2v) is 17.0. The molecular formula is C62H39N5O. The van der Waals surface area contributed by atoms with Crippen LogP contribution in [0.3, 0.4) is 0 Å². The van der Waals surface area contributed by atoms with Crippen LogP contribution in [-0.2, 0) is 0 Å². The fourth-order valence-corrected chi connectivity index (χ4v) is 9.79.